The lowest BCUT2D eigenvalue weighted by molar-refractivity contribution is -0.118. The number of nitrogens with one attached hydrogen (secondary N) is 1. The molecule has 3 aromatic rings. The third-order valence-corrected chi connectivity index (χ3v) is 5.19. The Morgan fingerprint density at radius 3 is 2.50 bits per heavy atom. The summed E-state index contributed by atoms with van der Waals surface area (Å²) in [5, 5.41) is 8.19. The first-order valence-electron chi connectivity index (χ1n) is 8.91. The predicted octanol–water partition coefficient (Wildman–Crippen LogP) is 3.46. The van der Waals surface area contributed by atoms with Crippen molar-refractivity contribution in [2.24, 2.45) is 0 Å². The van der Waals surface area contributed by atoms with Crippen LogP contribution in [0.5, 0.6) is 5.75 Å². The highest BCUT2D eigenvalue weighted by Gasteiger charge is 2.40. The zero-order chi connectivity index (χ0) is 19.8. The summed E-state index contributed by atoms with van der Waals surface area (Å²) in [6.45, 7) is 3.88. The van der Waals surface area contributed by atoms with Crippen LogP contribution in [0.1, 0.15) is 23.0 Å². The maximum atomic E-state index is 13.3. The molecule has 142 valence electrons. The molecule has 6 nitrogen and oxygen atoms in total. The monoisotopic (exact) mass is 392 g/mol. The van der Waals surface area contributed by atoms with Crippen LogP contribution in [-0.4, -0.2) is 27.9 Å². The van der Waals surface area contributed by atoms with Crippen LogP contribution < -0.4 is 15.0 Å². The molecule has 1 saturated heterocycles. The summed E-state index contributed by atoms with van der Waals surface area (Å²) >= 11 is 5.47. The molecular weight excluding hydrogens is 372 g/mol. The van der Waals surface area contributed by atoms with Gasteiger partial charge in [-0.25, -0.2) is 4.68 Å². The highest BCUT2D eigenvalue weighted by molar-refractivity contribution is 7.80. The van der Waals surface area contributed by atoms with Gasteiger partial charge in [0.2, 0.25) is 0 Å². The van der Waals surface area contributed by atoms with E-state index in [9.17, 15) is 4.79 Å². The number of aromatic nitrogens is 2. The van der Waals surface area contributed by atoms with Gasteiger partial charge in [0, 0.05) is 17.3 Å². The Hall–Kier alpha value is -3.19. The first-order valence-corrected chi connectivity index (χ1v) is 9.32. The Morgan fingerprint density at radius 1 is 1.07 bits per heavy atom. The Balaban J connectivity index is 1.72. The minimum absolute atomic E-state index is 0.128. The molecule has 28 heavy (non-hydrogen) atoms. The van der Waals surface area contributed by atoms with E-state index < -0.39 is 6.04 Å². The van der Waals surface area contributed by atoms with Gasteiger partial charge in [-0.05, 0) is 50.3 Å². The van der Waals surface area contributed by atoms with Gasteiger partial charge in [0.25, 0.3) is 5.91 Å². The van der Waals surface area contributed by atoms with Crippen LogP contribution >= 0.6 is 12.2 Å². The number of nitrogens with zero attached hydrogens (tertiary/aromatic N) is 3. The number of amides is 1. The van der Waals surface area contributed by atoms with Gasteiger partial charge in [0.1, 0.15) is 11.8 Å². The minimum atomic E-state index is -0.573. The average Bonchev–Trinajstić information content (AvgIpc) is 3.17. The van der Waals surface area contributed by atoms with Crippen LogP contribution in [-0.2, 0) is 4.79 Å². The van der Waals surface area contributed by atoms with Gasteiger partial charge in [-0.15, -0.1) is 0 Å². The Labute approximate surface area is 168 Å². The molecular formula is C21H20N4O2S. The van der Waals surface area contributed by atoms with Crippen LogP contribution in [0, 0.1) is 13.8 Å². The lowest BCUT2D eigenvalue weighted by Crippen LogP contribution is -2.30. The van der Waals surface area contributed by atoms with Gasteiger partial charge < -0.3 is 10.1 Å². The van der Waals surface area contributed by atoms with Crippen molar-refractivity contribution in [1.29, 1.82) is 0 Å². The number of anilines is 1. The van der Waals surface area contributed by atoms with Crippen molar-refractivity contribution in [3.05, 3.63) is 71.5 Å². The molecule has 0 radical (unpaired) electrons. The highest BCUT2D eigenvalue weighted by atomic mass is 32.1. The molecule has 4 rings (SSSR count). The fourth-order valence-corrected chi connectivity index (χ4v) is 3.88. The lowest BCUT2D eigenvalue weighted by atomic mass is 10.0. The smallest absolute Gasteiger partial charge is 0.260 e. The molecule has 0 spiro atoms. The number of thiocarbonyl (C=S) groups is 1. The second-order valence-electron chi connectivity index (χ2n) is 6.59. The fraction of sp³-hybridized carbons (Fsp3) is 0.190. The van der Waals surface area contributed by atoms with E-state index in [0.29, 0.717) is 16.5 Å². The summed E-state index contributed by atoms with van der Waals surface area (Å²) in [7, 11) is 1.59. The number of hydrogen-bond acceptors (Lipinski definition) is 4. The number of benzene rings is 2. The standard InChI is InChI=1S/C21H20N4O2S/c1-13-18(14(2)25(23-13)15-8-5-4-6-9-15)19-20(26)24(21(28)22-19)16-10-7-11-17(12-16)27-3/h4-12,19H,1-3H3,(H,22,28)/t19-/m1/s1. The molecule has 0 saturated carbocycles. The SMILES string of the molecule is COc1cccc(N2C(=O)[C@@H](c3c(C)nn(-c4ccccc4)c3C)NC2=S)c1. The van der Waals surface area contributed by atoms with E-state index in [4.69, 9.17) is 17.0 Å². The Kier molecular flexibility index (Phi) is 4.60. The van der Waals surface area contributed by atoms with Gasteiger partial charge >= 0.3 is 0 Å². The first kappa shape index (κ1) is 18.2. The van der Waals surface area contributed by atoms with Crippen molar-refractivity contribution in [1.82, 2.24) is 15.1 Å². The molecule has 2 aromatic carbocycles. The van der Waals surface area contributed by atoms with Crippen molar-refractivity contribution in [3.63, 3.8) is 0 Å². The molecule has 0 aliphatic carbocycles. The molecule has 1 aromatic heterocycles. The number of carbonyl (C=O) groups excluding carboxylic acids is 1. The van der Waals surface area contributed by atoms with Gasteiger partial charge in [-0.2, -0.15) is 5.10 Å². The zero-order valence-corrected chi connectivity index (χ0v) is 16.7. The Bertz CT molecular complexity index is 1060. The summed E-state index contributed by atoms with van der Waals surface area (Å²) in [5.74, 6) is 0.540. The number of aryl methyl sites for hydroxylation is 1. The van der Waals surface area contributed by atoms with Crippen molar-refractivity contribution in [2.75, 3.05) is 12.0 Å². The van der Waals surface area contributed by atoms with E-state index >= 15 is 0 Å². The highest BCUT2D eigenvalue weighted by Crippen LogP contribution is 2.32. The number of carbonyl (C=O) groups is 1. The van der Waals surface area contributed by atoms with Gasteiger partial charge in [0.05, 0.1) is 24.2 Å². The van der Waals surface area contributed by atoms with Crippen molar-refractivity contribution in [3.8, 4) is 11.4 Å². The number of hydrogen-bond donors (Lipinski definition) is 1. The van der Waals surface area contributed by atoms with E-state index in [1.54, 1.807) is 13.2 Å². The fourth-order valence-electron chi connectivity index (χ4n) is 3.56. The summed E-state index contributed by atoms with van der Waals surface area (Å²) in [6, 6.07) is 16.6. The maximum absolute atomic E-state index is 13.3. The Morgan fingerprint density at radius 2 is 1.79 bits per heavy atom. The van der Waals surface area contributed by atoms with E-state index in [-0.39, 0.29) is 5.91 Å². The van der Waals surface area contributed by atoms with Crippen molar-refractivity contribution < 1.29 is 9.53 Å². The van der Waals surface area contributed by atoms with E-state index in [1.807, 2.05) is 67.1 Å². The van der Waals surface area contributed by atoms with Crippen LogP contribution in [0.15, 0.2) is 54.6 Å². The van der Waals surface area contributed by atoms with Gasteiger partial charge in [0.15, 0.2) is 5.11 Å². The van der Waals surface area contributed by atoms with Crippen LogP contribution in [0.25, 0.3) is 5.69 Å². The number of ether oxygens (including phenoxy) is 1. The maximum Gasteiger partial charge on any atom is 0.260 e. The van der Waals surface area contributed by atoms with Gasteiger partial charge in [-0.1, -0.05) is 24.3 Å². The van der Waals surface area contributed by atoms with Crippen LogP contribution in [0.4, 0.5) is 5.69 Å². The average molecular weight is 392 g/mol. The summed E-state index contributed by atoms with van der Waals surface area (Å²) in [6.07, 6.45) is 0. The van der Waals surface area contributed by atoms with Crippen molar-refractivity contribution >= 4 is 28.9 Å². The molecule has 1 amide bonds. The largest absolute Gasteiger partial charge is 0.497 e. The third-order valence-electron chi connectivity index (χ3n) is 4.89. The van der Waals surface area contributed by atoms with E-state index in [0.717, 1.165) is 22.6 Å². The third kappa shape index (κ3) is 2.93. The molecule has 7 heteroatoms. The summed E-state index contributed by atoms with van der Waals surface area (Å²) < 4.78 is 7.13. The van der Waals surface area contributed by atoms with E-state index in [1.165, 1.54) is 4.90 Å². The molecule has 1 fully saturated rings. The molecule has 1 aliphatic heterocycles. The van der Waals surface area contributed by atoms with Gasteiger partial charge in [-0.3, -0.25) is 9.69 Å². The second kappa shape index (κ2) is 7.09. The second-order valence-corrected chi connectivity index (χ2v) is 6.98. The normalized spacial score (nSPS) is 16.4. The number of rotatable bonds is 4. The minimum Gasteiger partial charge on any atom is -0.497 e. The molecule has 0 bridgehead atoms. The molecule has 1 N–H and O–H groups in total. The van der Waals surface area contributed by atoms with E-state index in [2.05, 4.69) is 10.4 Å². The van der Waals surface area contributed by atoms with Crippen LogP contribution in [0.2, 0.25) is 0 Å². The van der Waals surface area contributed by atoms with Crippen LogP contribution in [0.3, 0.4) is 0 Å². The summed E-state index contributed by atoms with van der Waals surface area (Å²) in [4.78, 5) is 14.8. The molecule has 0 unspecified atom stereocenters. The summed E-state index contributed by atoms with van der Waals surface area (Å²) in [5.41, 5.74) is 4.18. The van der Waals surface area contributed by atoms with Crippen molar-refractivity contribution in [2.45, 2.75) is 19.9 Å². The predicted molar refractivity (Wildman–Crippen MR) is 112 cm³/mol. The topological polar surface area (TPSA) is 59.4 Å². The quantitative estimate of drug-likeness (QED) is 0.689. The zero-order valence-electron chi connectivity index (χ0n) is 15.8. The molecule has 2 heterocycles. The number of para-hydroxylation sites is 1. The lowest BCUT2D eigenvalue weighted by Gasteiger charge is -2.15. The molecule has 1 aliphatic rings. The number of methoxy groups -OCH3 is 1. The first-order chi connectivity index (χ1) is 13.5. The molecule has 1 atom stereocenters.